The summed E-state index contributed by atoms with van der Waals surface area (Å²) in [6, 6.07) is 7.82. The third-order valence-corrected chi connectivity index (χ3v) is 6.07. The summed E-state index contributed by atoms with van der Waals surface area (Å²) in [7, 11) is -5.63. The Morgan fingerprint density at radius 1 is 0.964 bits per heavy atom. The Balaban J connectivity index is 2.51. The van der Waals surface area contributed by atoms with Crippen molar-refractivity contribution in [1.82, 2.24) is 0 Å². The predicted octanol–water partition coefficient (Wildman–Crippen LogP) is 4.37. The summed E-state index contributed by atoms with van der Waals surface area (Å²) in [5, 5.41) is 9.40. The minimum atomic E-state index is -5.63. The Bertz CT molecular complexity index is 621. The van der Waals surface area contributed by atoms with E-state index in [9.17, 15) is 18.5 Å². The maximum Gasteiger partial charge on any atom is 0.394 e. The first-order chi connectivity index (χ1) is 13.0. The van der Waals surface area contributed by atoms with Crippen LogP contribution in [0.2, 0.25) is 0 Å². The summed E-state index contributed by atoms with van der Waals surface area (Å²) in [6.45, 7) is 1.42. The lowest BCUT2D eigenvalue weighted by molar-refractivity contribution is 0.0125. The highest BCUT2D eigenvalue weighted by molar-refractivity contribution is 7.53. The highest BCUT2D eigenvalue weighted by Gasteiger charge is 2.52. The number of nitrogens with two attached hydrogens (primary N) is 1. The molecule has 0 spiro atoms. The monoisotopic (exact) mass is 421 g/mol. The maximum absolute atomic E-state index is 13.7. The van der Waals surface area contributed by atoms with Crippen molar-refractivity contribution in [3.8, 4) is 0 Å². The summed E-state index contributed by atoms with van der Waals surface area (Å²) in [4.78, 5) is 17.6. The number of alkyl halides is 2. The first-order valence-electron chi connectivity index (χ1n) is 9.94. The fourth-order valence-electron chi connectivity index (χ4n) is 3.13. The number of aliphatic hydroxyl groups is 1. The molecule has 0 fully saturated rings. The van der Waals surface area contributed by atoms with E-state index in [4.69, 9.17) is 15.5 Å². The minimum absolute atomic E-state index is 0.00410. The molecule has 0 saturated heterocycles. The van der Waals surface area contributed by atoms with Crippen LogP contribution in [0.3, 0.4) is 0 Å². The molecule has 0 aromatic heterocycles. The predicted molar refractivity (Wildman–Crippen MR) is 107 cm³/mol. The molecule has 0 aliphatic heterocycles. The first kappa shape index (κ1) is 25.2. The average Bonchev–Trinajstić information content (AvgIpc) is 2.62. The Hall–Kier alpha value is -0.850. The number of unbranched alkanes of at least 4 members (excludes halogenated alkanes) is 5. The number of aryl methyl sites for hydroxylation is 2. The van der Waals surface area contributed by atoms with Crippen LogP contribution >= 0.6 is 7.60 Å². The summed E-state index contributed by atoms with van der Waals surface area (Å²) in [5.41, 5.74) is 1.88. The summed E-state index contributed by atoms with van der Waals surface area (Å²) < 4.78 is 38.2. The Morgan fingerprint density at radius 2 is 1.46 bits per heavy atom. The van der Waals surface area contributed by atoms with Crippen LogP contribution in [0.1, 0.15) is 69.4 Å². The van der Waals surface area contributed by atoms with E-state index >= 15 is 0 Å². The van der Waals surface area contributed by atoms with Gasteiger partial charge in [0.05, 0.1) is 6.61 Å². The smallest absolute Gasteiger partial charge is 0.394 e. The normalized spacial score (nSPS) is 14.8. The molecule has 1 unspecified atom stereocenters. The molecule has 0 bridgehead atoms. The molecule has 0 aliphatic carbocycles. The number of rotatable bonds is 14. The van der Waals surface area contributed by atoms with Crippen molar-refractivity contribution in [3.05, 3.63) is 35.4 Å². The highest BCUT2D eigenvalue weighted by atomic mass is 31.2. The van der Waals surface area contributed by atoms with E-state index in [0.717, 1.165) is 18.4 Å². The van der Waals surface area contributed by atoms with Gasteiger partial charge in [0.1, 0.15) is 0 Å². The Kier molecular flexibility index (Phi) is 10.2. The fourth-order valence-corrected chi connectivity index (χ4v) is 3.65. The van der Waals surface area contributed by atoms with Crippen LogP contribution in [0.4, 0.5) is 8.78 Å². The van der Waals surface area contributed by atoms with Gasteiger partial charge < -0.3 is 20.6 Å². The van der Waals surface area contributed by atoms with Crippen LogP contribution < -0.4 is 5.73 Å². The van der Waals surface area contributed by atoms with Crippen LogP contribution in [0.5, 0.6) is 0 Å². The molecule has 162 valence electrons. The van der Waals surface area contributed by atoms with E-state index < -0.39 is 31.8 Å². The SMILES string of the molecule is CCCCCCCCc1ccc(CCC(N)(CO)CC(F)(F)P(=O)(O)O)cc1. The molecular formula is C20H34F2NO4P. The number of hydrogen-bond acceptors (Lipinski definition) is 3. The van der Waals surface area contributed by atoms with Gasteiger partial charge in [-0.25, -0.2) is 0 Å². The van der Waals surface area contributed by atoms with Gasteiger partial charge >= 0.3 is 13.3 Å². The van der Waals surface area contributed by atoms with Gasteiger partial charge in [-0.15, -0.1) is 0 Å². The van der Waals surface area contributed by atoms with Crippen molar-refractivity contribution in [1.29, 1.82) is 0 Å². The average molecular weight is 421 g/mol. The number of aliphatic hydroxyl groups excluding tert-OH is 1. The molecule has 0 radical (unpaired) electrons. The van der Waals surface area contributed by atoms with Crippen molar-refractivity contribution in [2.75, 3.05) is 6.61 Å². The summed E-state index contributed by atoms with van der Waals surface area (Å²) in [6.07, 6.45) is 7.46. The minimum Gasteiger partial charge on any atom is -0.394 e. The summed E-state index contributed by atoms with van der Waals surface area (Å²) in [5.74, 6) is 0. The number of hydrogen-bond donors (Lipinski definition) is 4. The zero-order chi connectivity index (χ0) is 21.3. The Labute approximate surface area is 166 Å². The van der Waals surface area contributed by atoms with Gasteiger partial charge in [0, 0.05) is 12.0 Å². The molecule has 1 rings (SSSR count). The fraction of sp³-hybridized carbons (Fsp3) is 0.700. The standard InChI is InChI=1S/C20H34F2NO4P/c1-2-3-4-5-6-7-8-17-9-11-18(12-10-17)13-14-19(23,16-24)15-20(21,22)28(25,26)27/h9-12,24H,2-8,13-16,23H2,1H3,(H2,25,26,27). The van der Waals surface area contributed by atoms with E-state index in [1.807, 2.05) is 24.3 Å². The van der Waals surface area contributed by atoms with Crippen molar-refractivity contribution in [2.24, 2.45) is 5.73 Å². The van der Waals surface area contributed by atoms with Gasteiger partial charge in [0.2, 0.25) is 0 Å². The number of halogens is 2. The molecule has 1 aromatic rings. The summed E-state index contributed by atoms with van der Waals surface area (Å²) >= 11 is 0. The van der Waals surface area contributed by atoms with Gasteiger partial charge in [0.25, 0.3) is 0 Å². The topological polar surface area (TPSA) is 104 Å². The van der Waals surface area contributed by atoms with Crippen molar-refractivity contribution in [2.45, 2.75) is 82.3 Å². The lowest BCUT2D eigenvalue weighted by Crippen LogP contribution is -2.48. The molecule has 0 amide bonds. The van der Waals surface area contributed by atoms with Gasteiger partial charge in [-0.2, -0.15) is 8.78 Å². The second-order valence-electron chi connectivity index (χ2n) is 7.74. The van der Waals surface area contributed by atoms with Crippen LogP contribution in [0.25, 0.3) is 0 Å². The molecule has 5 N–H and O–H groups in total. The van der Waals surface area contributed by atoms with E-state index in [-0.39, 0.29) is 6.42 Å². The van der Waals surface area contributed by atoms with Gasteiger partial charge in [-0.3, -0.25) is 4.57 Å². The van der Waals surface area contributed by atoms with Crippen molar-refractivity contribution in [3.63, 3.8) is 0 Å². The first-order valence-corrected chi connectivity index (χ1v) is 11.6. The van der Waals surface area contributed by atoms with Gasteiger partial charge in [-0.1, -0.05) is 63.3 Å². The van der Waals surface area contributed by atoms with Crippen LogP contribution in [-0.2, 0) is 17.4 Å². The van der Waals surface area contributed by atoms with E-state index in [1.165, 1.54) is 37.7 Å². The zero-order valence-electron chi connectivity index (χ0n) is 16.6. The largest absolute Gasteiger partial charge is 0.394 e. The van der Waals surface area contributed by atoms with Crippen LogP contribution in [0, 0.1) is 0 Å². The molecule has 5 nitrogen and oxygen atoms in total. The zero-order valence-corrected chi connectivity index (χ0v) is 17.5. The molecule has 1 aromatic carbocycles. The second kappa shape index (κ2) is 11.4. The quantitative estimate of drug-likeness (QED) is 0.264. The molecule has 0 saturated carbocycles. The van der Waals surface area contributed by atoms with E-state index in [0.29, 0.717) is 6.42 Å². The lowest BCUT2D eigenvalue weighted by Gasteiger charge is -2.31. The van der Waals surface area contributed by atoms with Gasteiger partial charge in [0.15, 0.2) is 0 Å². The van der Waals surface area contributed by atoms with Crippen molar-refractivity contribution >= 4 is 7.60 Å². The number of benzene rings is 1. The maximum atomic E-state index is 13.7. The third kappa shape index (κ3) is 8.66. The molecular weight excluding hydrogens is 387 g/mol. The van der Waals surface area contributed by atoms with Crippen LogP contribution in [-0.4, -0.2) is 32.7 Å². The van der Waals surface area contributed by atoms with Crippen LogP contribution in [0.15, 0.2) is 24.3 Å². The Morgan fingerprint density at radius 3 is 1.96 bits per heavy atom. The molecule has 28 heavy (non-hydrogen) atoms. The molecule has 1 atom stereocenters. The molecule has 8 heteroatoms. The molecule has 0 heterocycles. The second-order valence-corrected chi connectivity index (χ2v) is 9.48. The van der Waals surface area contributed by atoms with Crippen molar-refractivity contribution < 1.29 is 28.2 Å². The highest BCUT2D eigenvalue weighted by Crippen LogP contribution is 2.56. The van der Waals surface area contributed by atoms with E-state index in [1.54, 1.807) is 0 Å². The van der Waals surface area contributed by atoms with E-state index in [2.05, 4.69) is 6.92 Å². The molecule has 0 aliphatic rings. The third-order valence-electron chi connectivity index (χ3n) is 5.06. The van der Waals surface area contributed by atoms with Gasteiger partial charge in [-0.05, 0) is 36.8 Å². The lowest BCUT2D eigenvalue weighted by atomic mass is 9.89.